The summed E-state index contributed by atoms with van der Waals surface area (Å²) in [6, 6.07) is 9.23. The number of hydrogen-bond donors (Lipinski definition) is 3. The summed E-state index contributed by atoms with van der Waals surface area (Å²) in [4.78, 5) is 11.8. The van der Waals surface area contributed by atoms with Crippen LogP contribution in [0.3, 0.4) is 0 Å². The summed E-state index contributed by atoms with van der Waals surface area (Å²) < 4.78 is 21.8. The minimum absolute atomic E-state index is 0.101. The van der Waals surface area contributed by atoms with Crippen molar-refractivity contribution in [2.75, 3.05) is 4.72 Å². The molecular weight excluding hydrogens is 329 g/mol. The van der Waals surface area contributed by atoms with E-state index in [0.717, 1.165) is 24.1 Å². The zero-order valence-electron chi connectivity index (χ0n) is 12.5. The molecule has 0 aliphatic heterocycles. The second-order valence-electron chi connectivity index (χ2n) is 5.94. The molecule has 1 aromatic heterocycles. The van der Waals surface area contributed by atoms with Gasteiger partial charge >= 0.3 is 5.97 Å². The van der Waals surface area contributed by atoms with Gasteiger partial charge in [-0.1, -0.05) is 12.8 Å². The van der Waals surface area contributed by atoms with Gasteiger partial charge in [0.05, 0.1) is 5.69 Å². The summed E-state index contributed by atoms with van der Waals surface area (Å²) in [7, 11) is 0. The van der Waals surface area contributed by atoms with Gasteiger partial charge in [0.1, 0.15) is 22.7 Å². The largest absolute Gasteiger partial charge is 0.478 e. The van der Waals surface area contributed by atoms with Crippen molar-refractivity contribution in [1.82, 2.24) is 0 Å². The first-order valence-electron chi connectivity index (χ1n) is 7.58. The van der Waals surface area contributed by atoms with E-state index in [0.29, 0.717) is 22.5 Å². The van der Waals surface area contributed by atoms with Crippen molar-refractivity contribution in [3.63, 3.8) is 0 Å². The molecule has 1 aliphatic carbocycles. The van der Waals surface area contributed by atoms with Crippen molar-refractivity contribution >= 4 is 35.4 Å². The minimum Gasteiger partial charge on any atom is -0.478 e. The fourth-order valence-corrected chi connectivity index (χ4v) is 3.20. The monoisotopic (exact) mass is 343 g/mol. The Labute approximate surface area is 142 Å². The highest BCUT2D eigenvalue weighted by Gasteiger charge is 2.29. The third kappa shape index (κ3) is 2.43. The molecule has 0 atom stereocenters. The van der Waals surface area contributed by atoms with E-state index in [4.69, 9.17) is 4.42 Å². The Balaban J connectivity index is 1.98. The van der Waals surface area contributed by atoms with Gasteiger partial charge in [0.2, 0.25) is 0 Å². The van der Waals surface area contributed by atoms with Crippen LogP contribution in [0.4, 0.5) is 10.1 Å². The Bertz CT molecular complexity index is 945. The Kier molecular flexibility index (Phi) is 3.49. The highest BCUT2D eigenvalue weighted by molar-refractivity contribution is 7.81. The van der Waals surface area contributed by atoms with E-state index in [1.54, 1.807) is 6.07 Å². The molecule has 0 unspecified atom stereocenters. The van der Waals surface area contributed by atoms with Crippen LogP contribution in [-0.4, -0.2) is 11.1 Å². The van der Waals surface area contributed by atoms with Gasteiger partial charge in [-0.25, -0.2) is 9.18 Å². The lowest BCUT2D eigenvalue weighted by Crippen LogP contribution is -1.98. The van der Waals surface area contributed by atoms with Crippen LogP contribution in [0.2, 0.25) is 0 Å². The van der Waals surface area contributed by atoms with Crippen LogP contribution in [0.15, 0.2) is 40.8 Å². The quantitative estimate of drug-likeness (QED) is 0.579. The minimum atomic E-state index is -1.07. The number of aromatic carboxylic acids is 1. The number of nitrogens with one attached hydrogen (secondary N) is 1. The second-order valence-corrected chi connectivity index (χ2v) is 6.16. The first kappa shape index (κ1) is 15.1. The standard InChI is InChI=1S/C18H14FNO3S/c19-11-5-3-10(4-6-11)17-16(18(21)22)13-7-12(9-1-2-9)14(20-24)8-15(13)23-17/h3-9,20,24H,1-2H2,(H,21,22). The van der Waals surface area contributed by atoms with Crippen molar-refractivity contribution in [2.45, 2.75) is 18.8 Å². The number of benzene rings is 2. The fourth-order valence-electron chi connectivity index (χ4n) is 3.01. The van der Waals surface area contributed by atoms with Gasteiger partial charge < -0.3 is 14.2 Å². The van der Waals surface area contributed by atoms with Crippen molar-refractivity contribution < 1.29 is 18.7 Å². The Morgan fingerprint density at radius 2 is 1.96 bits per heavy atom. The van der Waals surface area contributed by atoms with E-state index in [9.17, 15) is 14.3 Å². The number of halogens is 1. The van der Waals surface area contributed by atoms with Crippen LogP contribution in [0.1, 0.15) is 34.7 Å². The molecule has 0 saturated heterocycles. The maximum atomic E-state index is 13.1. The molecule has 1 saturated carbocycles. The van der Waals surface area contributed by atoms with E-state index in [1.165, 1.54) is 24.3 Å². The SMILES string of the molecule is O=C(O)c1c(-c2ccc(F)cc2)oc2cc(NS)c(C3CC3)cc12. The van der Waals surface area contributed by atoms with Crippen molar-refractivity contribution in [2.24, 2.45) is 0 Å². The summed E-state index contributed by atoms with van der Waals surface area (Å²) in [5, 5.41) is 10.2. The molecule has 4 nitrogen and oxygen atoms in total. The van der Waals surface area contributed by atoms with Crippen molar-refractivity contribution in [3.05, 3.63) is 53.3 Å². The van der Waals surface area contributed by atoms with Crippen LogP contribution in [0.25, 0.3) is 22.3 Å². The van der Waals surface area contributed by atoms with Gasteiger partial charge in [-0.15, -0.1) is 0 Å². The molecular formula is C18H14FNO3S. The molecule has 1 aliphatic rings. The van der Waals surface area contributed by atoms with E-state index in [2.05, 4.69) is 17.5 Å². The summed E-state index contributed by atoms with van der Waals surface area (Å²) in [5.41, 5.74) is 2.96. The van der Waals surface area contributed by atoms with Crippen LogP contribution in [0.5, 0.6) is 0 Å². The van der Waals surface area contributed by atoms with Gasteiger partial charge in [-0.05, 0) is 54.7 Å². The molecule has 2 aromatic carbocycles. The lowest BCUT2D eigenvalue weighted by molar-refractivity contribution is 0.0699. The topological polar surface area (TPSA) is 62.5 Å². The highest BCUT2D eigenvalue weighted by atomic mass is 32.1. The molecule has 0 amide bonds. The number of carboxylic acids is 1. The van der Waals surface area contributed by atoms with Gasteiger partial charge in [0, 0.05) is 17.0 Å². The number of furan rings is 1. The van der Waals surface area contributed by atoms with Crippen molar-refractivity contribution in [1.29, 1.82) is 0 Å². The lowest BCUT2D eigenvalue weighted by atomic mass is 10.0. The molecule has 4 rings (SSSR count). The van der Waals surface area contributed by atoms with Crippen LogP contribution in [-0.2, 0) is 0 Å². The third-order valence-electron chi connectivity index (χ3n) is 4.32. The normalized spacial score (nSPS) is 14.1. The average Bonchev–Trinajstić information content (AvgIpc) is 3.34. The molecule has 6 heteroatoms. The number of rotatable bonds is 4. The maximum absolute atomic E-state index is 13.1. The Hall–Kier alpha value is -2.47. The molecule has 1 fully saturated rings. The Morgan fingerprint density at radius 1 is 1.25 bits per heavy atom. The van der Waals surface area contributed by atoms with Crippen LogP contribution in [0, 0.1) is 5.82 Å². The number of thiol groups is 1. The number of carbonyl (C=O) groups is 1. The van der Waals surface area contributed by atoms with E-state index in [1.807, 2.05) is 6.07 Å². The first-order valence-corrected chi connectivity index (χ1v) is 8.03. The molecule has 122 valence electrons. The molecule has 1 heterocycles. The highest BCUT2D eigenvalue weighted by Crippen LogP contribution is 2.46. The predicted octanol–water partition coefficient (Wildman–Crippen LogP) is 5.07. The van der Waals surface area contributed by atoms with Crippen molar-refractivity contribution in [3.8, 4) is 11.3 Å². The smallest absolute Gasteiger partial charge is 0.340 e. The number of carboxylic acid groups (broad SMARTS) is 1. The zero-order chi connectivity index (χ0) is 16.8. The van der Waals surface area contributed by atoms with E-state index < -0.39 is 5.97 Å². The number of anilines is 1. The molecule has 3 aromatic rings. The fraction of sp³-hybridized carbons (Fsp3) is 0.167. The third-order valence-corrected chi connectivity index (χ3v) is 4.56. The Morgan fingerprint density at radius 3 is 2.54 bits per heavy atom. The summed E-state index contributed by atoms with van der Waals surface area (Å²) in [6.07, 6.45) is 2.16. The molecule has 0 bridgehead atoms. The molecule has 0 spiro atoms. The van der Waals surface area contributed by atoms with Crippen LogP contribution >= 0.6 is 12.8 Å². The molecule has 24 heavy (non-hydrogen) atoms. The molecule has 2 N–H and O–H groups in total. The predicted molar refractivity (Wildman–Crippen MR) is 93.2 cm³/mol. The summed E-state index contributed by atoms with van der Waals surface area (Å²) in [5.74, 6) is -0.795. The molecule has 0 radical (unpaired) electrons. The van der Waals surface area contributed by atoms with Gasteiger partial charge in [-0.3, -0.25) is 0 Å². The summed E-state index contributed by atoms with van der Waals surface area (Å²) >= 11 is 4.13. The van der Waals surface area contributed by atoms with E-state index >= 15 is 0 Å². The zero-order valence-corrected chi connectivity index (χ0v) is 13.4. The average molecular weight is 343 g/mol. The first-order chi connectivity index (χ1) is 11.6. The number of fused-ring (bicyclic) bond motifs is 1. The maximum Gasteiger partial charge on any atom is 0.340 e. The number of hydrogen-bond acceptors (Lipinski definition) is 4. The second kappa shape index (κ2) is 5.56. The van der Waals surface area contributed by atoms with E-state index in [-0.39, 0.29) is 17.1 Å². The van der Waals surface area contributed by atoms with Gasteiger partial charge in [0.25, 0.3) is 0 Å². The van der Waals surface area contributed by atoms with Crippen LogP contribution < -0.4 is 4.72 Å². The summed E-state index contributed by atoms with van der Waals surface area (Å²) in [6.45, 7) is 0. The lowest BCUT2D eigenvalue weighted by Gasteiger charge is -2.07. The van der Waals surface area contributed by atoms with Gasteiger partial charge in [0.15, 0.2) is 0 Å². The van der Waals surface area contributed by atoms with Gasteiger partial charge in [-0.2, -0.15) is 0 Å².